The second-order valence-corrected chi connectivity index (χ2v) is 5.10. The van der Waals surface area contributed by atoms with Crippen LogP contribution in [0.15, 0.2) is 46.9 Å². The molecule has 0 saturated heterocycles. The maximum Gasteiger partial charge on any atom is 0.189 e. The summed E-state index contributed by atoms with van der Waals surface area (Å²) < 4.78 is 16.9. The lowest BCUT2D eigenvalue weighted by Gasteiger charge is -2.13. The Morgan fingerprint density at radius 1 is 1.19 bits per heavy atom. The topological polar surface area (TPSA) is 44.8 Å². The van der Waals surface area contributed by atoms with E-state index in [1.54, 1.807) is 12.1 Å². The minimum Gasteiger partial charge on any atom is -0.493 e. The first kappa shape index (κ1) is 15.5. The van der Waals surface area contributed by atoms with Crippen molar-refractivity contribution in [1.29, 1.82) is 0 Å². The fourth-order valence-corrected chi connectivity index (χ4v) is 2.36. The lowest BCUT2D eigenvalue weighted by Crippen LogP contribution is -2.05. The summed E-state index contributed by atoms with van der Waals surface area (Å²) in [4.78, 5) is 10.8. The van der Waals surface area contributed by atoms with Gasteiger partial charge in [-0.1, -0.05) is 30.3 Å². The van der Waals surface area contributed by atoms with Gasteiger partial charge in [0.2, 0.25) is 0 Å². The van der Waals surface area contributed by atoms with Crippen LogP contribution < -0.4 is 9.47 Å². The van der Waals surface area contributed by atoms with Gasteiger partial charge in [0.1, 0.15) is 6.29 Å². The largest absolute Gasteiger partial charge is 0.493 e. The molecule has 0 amide bonds. The molecule has 0 heterocycles. The molecule has 0 aliphatic rings. The second kappa shape index (κ2) is 7.81. The molecule has 0 spiro atoms. The zero-order valence-electron chi connectivity index (χ0n) is 11.5. The lowest BCUT2D eigenvalue weighted by atomic mass is 10.2. The predicted octanol–water partition coefficient (Wildman–Crippen LogP) is 3.82. The molecule has 2 aromatic rings. The number of hydrogen-bond acceptors (Lipinski definition) is 4. The Morgan fingerprint density at radius 3 is 2.62 bits per heavy atom. The molecule has 4 nitrogen and oxygen atoms in total. The number of hydrogen-bond donors (Lipinski definition) is 0. The van der Waals surface area contributed by atoms with E-state index >= 15 is 0 Å². The van der Waals surface area contributed by atoms with E-state index < -0.39 is 0 Å². The highest BCUT2D eigenvalue weighted by molar-refractivity contribution is 9.10. The van der Waals surface area contributed by atoms with E-state index in [9.17, 15) is 4.79 Å². The van der Waals surface area contributed by atoms with Crippen LogP contribution in [0.25, 0.3) is 0 Å². The smallest absolute Gasteiger partial charge is 0.189 e. The van der Waals surface area contributed by atoms with Crippen molar-refractivity contribution in [3.63, 3.8) is 0 Å². The Morgan fingerprint density at radius 2 is 1.95 bits per heavy atom. The van der Waals surface area contributed by atoms with Gasteiger partial charge in [-0.05, 0) is 33.6 Å². The summed E-state index contributed by atoms with van der Waals surface area (Å²) in [6, 6.07) is 13.1. The third-order valence-corrected chi connectivity index (χ3v) is 3.38. The summed E-state index contributed by atoms with van der Waals surface area (Å²) in [6.07, 6.45) is 0.753. The number of halogens is 1. The lowest BCUT2D eigenvalue weighted by molar-refractivity contribution is 0.00333. The van der Waals surface area contributed by atoms with Gasteiger partial charge in [0.25, 0.3) is 0 Å². The van der Waals surface area contributed by atoms with E-state index in [0.29, 0.717) is 28.1 Å². The first-order valence-electron chi connectivity index (χ1n) is 6.31. The fraction of sp³-hybridized carbons (Fsp3) is 0.188. The molecule has 0 unspecified atom stereocenters. The Balaban J connectivity index is 1.95. The van der Waals surface area contributed by atoms with Crippen LogP contribution in [-0.4, -0.2) is 20.2 Å². The quantitative estimate of drug-likeness (QED) is 0.432. The first-order chi connectivity index (χ1) is 10.2. The predicted molar refractivity (Wildman–Crippen MR) is 82.8 cm³/mol. The van der Waals surface area contributed by atoms with Crippen LogP contribution >= 0.6 is 15.9 Å². The summed E-state index contributed by atoms with van der Waals surface area (Å²) in [7, 11) is 1.52. The molecule has 2 rings (SSSR count). The van der Waals surface area contributed by atoms with Crippen LogP contribution in [0.1, 0.15) is 15.9 Å². The summed E-state index contributed by atoms with van der Waals surface area (Å²) in [5.74, 6) is 0.992. The SMILES string of the molecule is COc1cc(C=O)cc(Br)c1OCOCc1ccccc1. The van der Waals surface area contributed by atoms with Crippen molar-refractivity contribution in [1.82, 2.24) is 0 Å². The van der Waals surface area contributed by atoms with Gasteiger partial charge in [-0.3, -0.25) is 4.79 Å². The molecular formula is C16H15BrO4. The zero-order chi connectivity index (χ0) is 15.1. The number of carbonyl (C=O) groups is 1. The van der Waals surface area contributed by atoms with Gasteiger partial charge in [-0.2, -0.15) is 0 Å². The van der Waals surface area contributed by atoms with Crippen molar-refractivity contribution in [2.24, 2.45) is 0 Å². The van der Waals surface area contributed by atoms with E-state index in [1.165, 1.54) is 7.11 Å². The number of rotatable bonds is 7. The molecule has 2 aromatic carbocycles. The summed E-state index contributed by atoms with van der Waals surface area (Å²) in [5.41, 5.74) is 1.58. The average molecular weight is 351 g/mol. The Kier molecular flexibility index (Phi) is 5.78. The summed E-state index contributed by atoms with van der Waals surface area (Å²) in [5, 5.41) is 0. The molecule has 0 bridgehead atoms. The maximum absolute atomic E-state index is 10.8. The molecule has 0 saturated carbocycles. The monoisotopic (exact) mass is 350 g/mol. The van der Waals surface area contributed by atoms with Crippen LogP contribution in [-0.2, 0) is 11.3 Å². The van der Waals surface area contributed by atoms with Crippen LogP contribution in [0.5, 0.6) is 11.5 Å². The Hall–Kier alpha value is -1.85. The maximum atomic E-state index is 10.8. The minimum atomic E-state index is 0.0876. The van der Waals surface area contributed by atoms with Gasteiger partial charge < -0.3 is 14.2 Å². The first-order valence-corrected chi connectivity index (χ1v) is 7.11. The van der Waals surface area contributed by atoms with Crippen molar-refractivity contribution < 1.29 is 19.0 Å². The van der Waals surface area contributed by atoms with Crippen LogP contribution in [0.4, 0.5) is 0 Å². The highest BCUT2D eigenvalue weighted by atomic mass is 79.9. The number of ether oxygens (including phenoxy) is 3. The van der Waals surface area contributed by atoms with Crippen LogP contribution in [0, 0.1) is 0 Å². The van der Waals surface area contributed by atoms with E-state index in [2.05, 4.69) is 15.9 Å². The van der Waals surface area contributed by atoms with Crippen molar-refractivity contribution in [3.8, 4) is 11.5 Å². The number of carbonyl (C=O) groups excluding carboxylic acids is 1. The van der Waals surface area contributed by atoms with E-state index in [4.69, 9.17) is 14.2 Å². The third kappa shape index (κ3) is 4.31. The highest BCUT2D eigenvalue weighted by Gasteiger charge is 2.11. The molecule has 0 atom stereocenters. The third-order valence-electron chi connectivity index (χ3n) is 2.79. The molecular weight excluding hydrogens is 336 g/mol. The normalized spacial score (nSPS) is 10.2. The summed E-state index contributed by atoms with van der Waals surface area (Å²) >= 11 is 3.36. The number of methoxy groups -OCH3 is 1. The number of aldehydes is 1. The van der Waals surface area contributed by atoms with Crippen molar-refractivity contribution >= 4 is 22.2 Å². The molecule has 21 heavy (non-hydrogen) atoms. The van der Waals surface area contributed by atoms with Crippen molar-refractivity contribution in [2.75, 3.05) is 13.9 Å². The zero-order valence-corrected chi connectivity index (χ0v) is 13.1. The van der Waals surface area contributed by atoms with Crippen molar-refractivity contribution in [2.45, 2.75) is 6.61 Å². The standard InChI is InChI=1S/C16H15BrO4/c1-19-15-8-13(9-18)7-14(17)16(15)21-11-20-10-12-5-3-2-4-6-12/h2-9H,10-11H2,1H3. The van der Waals surface area contributed by atoms with Crippen LogP contribution in [0.3, 0.4) is 0 Å². The van der Waals surface area contributed by atoms with E-state index in [1.807, 2.05) is 30.3 Å². The average Bonchev–Trinajstić information content (AvgIpc) is 2.53. The molecule has 0 N–H and O–H groups in total. The molecule has 0 aromatic heterocycles. The Labute approximate surface area is 131 Å². The molecule has 110 valence electrons. The second-order valence-electron chi connectivity index (χ2n) is 4.25. The van der Waals surface area contributed by atoms with Crippen molar-refractivity contribution in [3.05, 3.63) is 58.1 Å². The van der Waals surface area contributed by atoms with E-state index in [0.717, 1.165) is 11.8 Å². The molecule has 0 fully saturated rings. The molecule has 0 aliphatic heterocycles. The summed E-state index contributed by atoms with van der Waals surface area (Å²) in [6.45, 7) is 0.553. The molecule has 0 aliphatic carbocycles. The fourth-order valence-electron chi connectivity index (χ4n) is 1.78. The number of benzene rings is 2. The molecule has 5 heteroatoms. The minimum absolute atomic E-state index is 0.0876. The van der Waals surface area contributed by atoms with Crippen LogP contribution in [0.2, 0.25) is 0 Å². The van der Waals surface area contributed by atoms with Gasteiger partial charge in [0.05, 0.1) is 18.2 Å². The van der Waals surface area contributed by atoms with Gasteiger partial charge in [-0.25, -0.2) is 0 Å². The molecule has 0 radical (unpaired) electrons. The van der Waals surface area contributed by atoms with E-state index in [-0.39, 0.29) is 6.79 Å². The van der Waals surface area contributed by atoms with Gasteiger partial charge in [0, 0.05) is 5.56 Å². The van der Waals surface area contributed by atoms with Gasteiger partial charge in [-0.15, -0.1) is 0 Å². The van der Waals surface area contributed by atoms with Gasteiger partial charge >= 0.3 is 0 Å². The highest BCUT2D eigenvalue weighted by Crippen LogP contribution is 2.36. The van der Waals surface area contributed by atoms with Gasteiger partial charge in [0.15, 0.2) is 18.3 Å². The Bertz CT molecular complexity index is 599.